The monoisotopic (exact) mass is 277 g/mol. The van der Waals surface area contributed by atoms with Gasteiger partial charge in [-0.2, -0.15) is 0 Å². The van der Waals surface area contributed by atoms with Crippen LogP contribution in [0.4, 0.5) is 8.78 Å². The number of halogens is 2. The number of aliphatic hydroxyl groups excluding tert-OH is 1. The zero-order valence-electron chi connectivity index (χ0n) is 10.5. The Hall–Kier alpha value is -2.27. The fourth-order valence-corrected chi connectivity index (χ4v) is 1.77. The Kier molecular flexibility index (Phi) is 4.42. The number of amides is 1. The quantitative estimate of drug-likeness (QED) is 0.901. The Bertz CT molecular complexity index is 582. The smallest absolute Gasteiger partial charge is 0.251 e. The Morgan fingerprint density at radius 2 is 1.70 bits per heavy atom. The molecule has 1 amide bonds. The Labute approximate surface area is 114 Å². The van der Waals surface area contributed by atoms with Gasteiger partial charge in [0.15, 0.2) is 0 Å². The summed E-state index contributed by atoms with van der Waals surface area (Å²) in [6.07, 6.45) is -0.876. The topological polar surface area (TPSA) is 49.3 Å². The molecule has 2 rings (SSSR count). The summed E-state index contributed by atoms with van der Waals surface area (Å²) < 4.78 is 26.0. The molecule has 0 bridgehead atoms. The first kappa shape index (κ1) is 14.1. The summed E-state index contributed by atoms with van der Waals surface area (Å²) in [7, 11) is 0. The lowest BCUT2D eigenvalue weighted by molar-refractivity contribution is 0.0915. The molecule has 104 valence electrons. The van der Waals surface area contributed by atoms with Gasteiger partial charge in [-0.15, -0.1) is 0 Å². The zero-order chi connectivity index (χ0) is 14.5. The predicted octanol–water partition coefficient (Wildman–Crippen LogP) is 2.43. The van der Waals surface area contributed by atoms with Gasteiger partial charge in [-0.05, 0) is 17.7 Å². The summed E-state index contributed by atoms with van der Waals surface area (Å²) in [5.41, 5.74) is 0.529. The van der Waals surface area contributed by atoms with Crippen molar-refractivity contribution >= 4 is 5.91 Å². The Balaban J connectivity index is 1.98. The van der Waals surface area contributed by atoms with E-state index in [-0.39, 0.29) is 12.1 Å². The maximum Gasteiger partial charge on any atom is 0.251 e. The normalized spacial score (nSPS) is 11.9. The lowest BCUT2D eigenvalue weighted by Gasteiger charge is -2.12. The van der Waals surface area contributed by atoms with E-state index in [0.717, 1.165) is 12.1 Å². The van der Waals surface area contributed by atoms with E-state index in [2.05, 4.69) is 5.32 Å². The van der Waals surface area contributed by atoms with Gasteiger partial charge in [-0.25, -0.2) is 8.78 Å². The maximum atomic E-state index is 13.0. The van der Waals surface area contributed by atoms with Crippen LogP contribution >= 0.6 is 0 Å². The van der Waals surface area contributed by atoms with Crippen molar-refractivity contribution in [3.8, 4) is 0 Å². The molecule has 0 saturated carbocycles. The van der Waals surface area contributed by atoms with Crippen molar-refractivity contribution in [2.75, 3.05) is 6.54 Å². The molecule has 1 atom stereocenters. The second-order valence-corrected chi connectivity index (χ2v) is 4.29. The van der Waals surface area contributed by atoms with Crippen molar-refractivity contribution in [2.45, 2.75) is 6.10 Å². The van der Waals surface area contributed by atoms with Gasteiger partial charge < -0.3 is 10.4 Å². The van der Waals surface area contributed by atoms with E-state index in [1.54, 1.807) is 24.3 Å². The van der Waals surface area contributed by atoms with Crippen molar-refractivity contribution < 1.29 is 18.7 Å². The molecule has 3 nitrogen and oxygen atoms in total. The Morgan fingerprint density at radius 3 is 2.30 bits per heavy atom. The summed E-state index contributed by atoms with van der Waals surface area (Å²) >= 11 is 0. The van der Waals surface area contributed by atoms with Gasteiger partial charge >= 0.3 is 0 Å². The van der Waals surface area contributed by atoms with Gasteiger partial charge in [0, 0.05) is 18.2 Å². The first-order valence-electron chi connectivity index (χ1n) is 6.03. The van der Waals surface area contributed by atoms with Crippen LogP contribution in [0.5, 0.6) is 0 Å². The third kappa shape index (κ3) is 3.61. The van der Waals surface area contributed by atoms with Gasteiger partial charge in [0.1, 0.15) is 11.6 Å². The minimum atomic E-state index is -0.876. The molecular formula is C15H13F2NO2. The van der Waals surface area contributed by atoms with Crippen LogP contribution in [-0.4, -0.2) is 17.6 Å². The molecule has 0 unspecified atom stereocenters. The maximum absolute atomic E-state index is 13.0. The molecule has 0 aromatic heterocycles. The van der Waals surface area contributed by atoms with Crippen LogP contribution in [0.3, 0.4) is 0 Å². The molecule has 0 aliphatic carbocycles. The van der Waals surface area contributed by atoms with Gasteiger partial charge in [0.25, 0.3) is 5.91 Å². The number of nitrogens with one attached hydrogen (secondary N) is 1. The van der Waals surface area contributed by atoms with E-state index >= 15 is 0 Å². The molecule has 2 N–H and O–H groups in total. The van der Waals surface area contributed by atoms with Crippen LogP contribution in [0.1, 0.15) is 22.0 Å². The number of rotatable bonds is 4. The first-order chi connectivity index (χ1) is 9.56. The van der Waals surface area contributed by atoms with E-state index in [1.165, 1.54) is 0 Å². The number of carbonyl (C=O) groups is 1. The van der Waals surface area contributed by atoms with E-state index in [9.17, 15) is 18.7 Å². The second-order valence-electron chi connectivity index (χ2n) is 4.29. The molecule has 0 heterocycles. The average molecular weight is 277 g/mol. The molecular weight excluding hydrogens is 264 g/mol. The lowest BCUT2D eigenvalue weighted by atomic mass is 10.1. The number of hydrogen-bond acceptors (Lipinski definition) is 2. The predicted molar refractivity (Wildman–Crippen MR) is 70.1 cm³/mol. The third-order valence-corrected chi connectivity index (χ3v) is 2.77. The van der Waals surface area contributed by atoms with E-state index in [1.807, 2.05) is 6.07 Å². The van der Waals surface area contributed by atoms with Gasteiger partial charge in [0.05, 0.1) is 6.10 Å². The van der Waals surface area contributed by atoms with Crippen LogP contribution in [0.2, 0.25) is 0 Å². The molecule has 0 aliphatic heterocycles. The van der Waals surface area contributed by atoms with Crippen LogP contribution in [0.25, 0.3) is 0 Å². The van der Waals surface area contributed by atoms with Gasteiger partial charge in [-0.3, -0.25) is 4.79 Å². The molecule has 0 fully saturated rings. The molecule has 0 aliphatic rings. The fraction of sp³-hybridized carbons (Fsp3) is 0.133. The first-order valence-corrected chi connectivity index (χ1v) is 6.03. The minimum Gasteiger partial charge on any atom is -0.387 e. The van der Waals surface area contributed by atoms with Crippen molar-refractivity contribution in [1.82, 2.24) is 5.32 Å². The fourth-order valence-electron chi connectivity index (χ4n) is 1.77. The van der Waals surface area contributed by atoms with E-state index in [4.69, 9.17) is 0 Å². The summed E-state index contributed by atoms with van der Waals surface area (Å²) in [5.74, 6) is -2.28. The van der Waals surface area contributed by atoms with Crippen LogP contribution in [-0.2, 0) is 0 Å². The minimum absolute atomic E-state index is 0.0407. The number of aliphatic hydroxyl groups is 1. The van der Waals surface area contributed by atoms with E-state index < -0.39 is 23.6 Å². The van der Waals surface area contributed by atoms with Crippen molar-refractivity contribution in [2.24, 2.45) is 0 Å². The highest BCUT2D eigenvalue weighted by Gasteiger charge is 2.12. The molecule has 0 spiro atoms. The Morgan fingerprint density at radius 1 is 1.10 bits per heavy atom. The number of benzene rings is 2. The number of hydrogen-bond donors (Lipinski definition) is 2. The second kappa shape index (κ2) is 6.25. The number of carbonyl (C=O) groups excluding carboxylic acids is 1. The summed E-state index contributed by atoms with van der Waals surface area (Å²) in [4.78, 5) is 11.7. The molecule has 2 aromatic rings. The summed E-state index contributed by atoms with van der Waals surface area (Å²) in [6, 6.07) is 11.3. The lowest BCUT2D eigenvalue weighted by Crippen LogP contribution is -2.28. The molecule has 2 aromatic carbocycles. The van der Waals surface area contributed by atoms with Crippen LogP contribution < -0.4 is 5.32 Å². The zero-order valence-corrected chi connectivity index (χ0v) is 10.5. The largest absolute Gasteiger partial charge is 0.387 e. The van der Waals surface area contributed by atoms with Crippen LogP contribution in [0, 0.1) is 11.6 Å². The van der Waals surface area contributed by atoms with Crippen molar-refractivity contribution in [3.63, 3.8) is 0 Å². The van der Waals surface area contributed by atoms with Crippen molar-refractivity contribution in [3.05, 3.63) is 71.3 Å². The highest BCUT2D eigenvalue weighted by molar-refractivity contribution is 5.94. The highest BCUT2D eigenvalue weighted by Crippen LogP contribution is 2.12. The molecule has 0 radical (unpaired) electrons. The molecule has 0 saturated heterocycles. The molecule has 20 heavy (non-hydrogen) atoms. The highest BCUT2D eigenvalue weighted by atomic mass is 19.1. The van der Waals surface area contributed by atoms with E-state index in [0.29, 0.717) is 11.6 Å². The van der Waals surface area contributed by atoms with Crippen molar-refractivity contribution in [1.29, 1.82) is 0 Å². The molecule has 5 heteroatoms. The SMILES string of the molecule is O=C(NC[C@@H](O)c1ccccc1)c1cc(F)cc(F)c1. The summed E-state index contributed by atoms with van der Waals surface area (Å²) in [6.45, 7) is -0.0407. The van der Waals surface area contributed by atoms with Crippen LogP contribution in [0.15, 0.2) is 48.5 Å². The van der Waals surface area contributed by atoms with Gasteiger partial charge in [-0.1, -0.05) is 30.3 Å². The standard InChI is InChI=1S/C15H13F2NO2/c16-12-6-11(7-13(17)8-12)15(20)18-9-14(19)10-4-2-1-3-5-10/h1-8,14,19H,9H2,(H,18,20)/t14-/m1/s1. The third-order valence-electron chi connectivity index (χ3n) is 2.77. The summed E-state index contributed by atoms with van der Waals surface area (Å²) in [5, 5.41) is 12.3. The van der Waals surface area contributed by atoms with Gasteiger partial charge in [0.2, 0.25) is 0 Å². The average Bonchev–Trinajstić information content (AvgIpc) is 2.44.